The second-order valence-corrected chi connectivity index (χ2v) is 5.58. The second-order valence-electron chi connectivity index (χ2n) is 5.20. The summed E-state index contributed by atoms with van der Waals surface area (Å²) >= 11 is 5.50. The van der Waals surface area contributed by atoms with Gasteiger partial charge in [-0.15, -0.1) is 11.6 Å². The van der Waals surface area contributed by atoms with Gasteiger partial charge in [0.1, 0.15) is 0 Å². The minimum Gasteiger partial charge on any atom is -0.380 e. The zero-order valence-corrected chi connectivity index (χ0v) is 12.5. The van der Waals surface area contributed by atoms with Crippen LogP contribution < -0.4 is 10.9 Å². The van der Waals surface area contributed by atoms with E-state index in [0.717, 1.165) is 6.42 Å². The molecule has 19 heavy (non-hydrogen) atoms. The van der Waals surface area contributed by atoms with Crippen LogP contribution in [0, 0.1) is 0 Å². The standard InChI is InChI=1S/C13H22ClN3O2/c1-13(2,3)17-8-7-16-11(12(17)18)15-6-4-9-19-10-5-14/h7-8H,4-6,9-10H2,1-3H3,(H,15,16). The first-order valence-electron chi connectivity index (χ1n) is 6.42. The van der Waals surface area contributed by atoms with E-state index >= 15 is 0 Å². The third-order valence-corrected chi connectivity index (χ3v) is 2.70. The highest BCUT2D eigenvalue weighted by atomic mass is 35.5. The fourth-order valence-corrected chi connectivity index (χ4v) is 1.71. The first-order chi connectivity index (χ1) is 8.96. The first-order valence-corrected chi connectivity index (χ1v) is 6.96. The molecule has 0 unspecified atom stereocenters. The molecule has 0 fully saturated rings. The van der Waals surface area contributed by atoms with Crippen LogP contribution in [0.4, 0.5) is 5.82 Å². The van der Waals surface area contributed by atoms with Crippen LogP contribution in [0.2, 0.25) is 0 Å². The molecule has 1 aromatic rings. The van der Waals surface area contributed by atoms with Gasteiger partial charge in [0.25, 0.3) is 5.56 Å². The Morgan fingerprint density at radius 2 is 2.16 bits per heavy atom. The van der Waals surface area contributed by atoms with Gasteiger partial charge in [-0.05, 0) is 27.2 Å². The summed E-state index contributed by atoms with van der Waals surface area (Å²) < 4.78 is 6.93. The summed E-state index contributed by atoms with van der Waals surface area (Å²) in [6.07, 6.45) is 4.15. The second kappa shape index (κ2) is 7.50. The number of nitrogens with one attached hydrogen (secondary N) is 1. The molecule has 0 amide bonds. The summed E-state index contributed by atoms with van der Waals surface area (Å²) in [6, 6.07) is 0. The Morgan fingerprint density at radius 1 is 1.42 bits per heavy atom. The molecule has 0 aliphatic rings. The molecular formula is C13H22ClN3O2. The smallest absolute Gasteiger partial charge is 0.293 e. The summed E-state index contributed by atoms with van der Waals surface area (Å²) in [7, 11) is 0. The highest BCUT2D eigenvalue weighted by Gasteiger charge is 2.16. The molecule has 0 spiro atoms. The van der Waals surface area contributed by atoms with E-state index in [9.17, 15) is 4.79 Å². The highest BCUT2D eigenvalue weighted by molar-refractivity contribution is 6.17. The molecule has 0 saturated carbocycles. The molecule has 5 nitrogen and oxygen atoms in total. The molecule has 1 aromatic heterocycles. The van der Waals surface area contributed by atoms with Gasteiger partial charge in [-0.2, -0.15) is 0 Å². The van der Waals surface area contributed by atoms with E-state index in [0.29, 0.717) is 31.5 Å². The molecule has 0 atom stereocenters. The van der Waals surface area contributed by atoms with Crippen molar-refractivity contribution >= 4 is 17.4 Å². The van der Waals surface area contributed by atoms with Crippen molar-refractivity contribution in [2.45, 2.75) is 32.7 Å². The lowest BCUT2D eigenvalue weighted by molar-refractivity contribution is 0.149. The van der Waals surface area contributed by atoms with Crippen LogP contribution in [0.3, 0.4) is 0 Å². The molecule has 0 aromatic carbocycles. The Hall–Kier alpha value is -1.07. The van der Waals surface area contributed by atoms with Gasteiger partial charge in [0.2, 0.25) is 0 Å². The van der Waals surface area contributed by atoms with Crippen LogP contribution in [0.15, 0.2) is 17.2 Å². The van der Waals surface area contributed by atoms with E-state index in [-0.39, 0.29) is 11.1 Å². The molecule has 1 rings (SSSR count). The van der Waals surface area contributed by atoms with E-state index in [1.54, 1.807) is 17.0 Å². The van der Waals surface area contributed by atoms with Crippen molar-refractivity contribution < 1.29 is 4.74 Å². The molecule has 1 heterocycles. The van der Waals surface area contributed by atoms with Gasteiger partial charge in [0.15, 0.2) is 5.82 Å². The van der Waals surface area contributed by atoms with Gasteiger partial charge in [0.05, 0.1) is 6.61 Å². The van der Waals surface area contributed by atoms with E-state index in [1.165, 1.54) is 0 Å². The third kappa shape index (κ3) is 5.20. The van der Waals surface area contributed by atoms with Crippen LogP contribution >= 0.6 is 11.6 Å². The van der Waals surface area contributed by atoms with Crippen LogP contribution in [-0.2, 0) is 10.3 Å². The van der Waals surface area contributed by atoms with Gasteiger partial charge in [-0.3, -0.25) is 4.79 Å². The molecular weight excluding hydrogens is 266 g/mol. The number of aromatic nitrogens is 2. The average Bonchev–Trinajstić information content (AvgIpc) is 2.34. The predicted octanol–water partition coefficient (Wildman–Crippen LogP) is 2.06. The molecule has 0 saturated heterocycles. The number of halogens is 1. The van der Waals surface area contributed by atoms with Crippen molar-refractivity contribution in [1.29, 1.82) is 0 Å². The topological polar surface area (TPSA) is 56.1 Å². The summed E-state index contributed by atoms with van der Waals surface area (Å²) in [5.74, 6) is 0.888. The monoisotopic (exact) mass is 287 g/mol. The zero-order chi connectivity index (χ0) is 14.3. The van der Waals surface area contributed by atoms with E-state index in [1.807, 2.05) is 20.8 Å². The number of hydrogen-bond acceptors (Lipinski definition) is 4. The van der Waals surface area contributed by atoms with E-state index in [4.69, 9.17) is 16.3 Å². The van der Waals surface area contributed by atoms with E-state index < -0.39 is 0 Å². The van der Waals surface area contributed by atoms with Crippen molar-refractivity contribution in [2.24, 2.45) is 0 Å². The largest absolute Gasteiger partial charge is 0.380 e. The molecule has 0 aliphatic heterocycles. The number of anilines is 1. The lowest BCUT2D eigenvalue weighted by Gasteiger charge is -2.22. The number of rotatable bonds is 7. The van der Waals surface area contributed by atoms with Crippen LogP contribution in [0.1, 0.15) is 27.2 Å². The number of ether oxygens (including phenoxy) is 1. The molecule has 6 heteroatoms. The van der Waals surface area contributed by atoms with Gasteiger partial charge in [-0.1, -0.05) is 0 Å². The fourth-order valence-electron chi connectivity index (χ4n) is 1.60. The summed E-state index contributed by atoms with van der Waals surface area (Å²) in [6.45, 7) is 7.79. The van der Waals surface area contributed by atoms with Crippen molar-refractivity contribution in [3.05, 3.63) is 22.7 Å². The molecule has 108 valence electrons. The highest BCUT2D eigenvalue weighted by Crippen LogP contribution is 2.10. The summed E-state index contributed by atoms with van der Waals surface area (Å²) in [5, 5.41) is 3.04. The van der Waals surface area contributed by atoms with Crippen molar-refractivity contribution in [1.82, 2.24) is 9.55 Å². The average molecular weight is 288 g/mol. The van der Waals surface area contributed by atoms with Gasteiger partial charge < -0.3 is 14.6 Å². The molecule has 1 N–H and O–H groups in total. The first kappa shape index (κ1) is 16.0. The van der Waals surface area contributed by atoms with E-state index in [2.05, 4.69) is 10.3 Å². The van der Waals surface area contributed by atoms with Crippen LogP contribution in [0.25, 0.3) is 0 Å². The minimum atomic E-state index is -0.250. The Labute approximate surface area is 118 Å². The third-order valence-electron chi connectivity index (χ3n) is 2.54. The summed E-state index contributed by atoms with van der Waals surface area (Å²) in [4.78, 5) is 16.3. The number of alkyl halides is 1. The van der Waals surface area contributed by atoms with Crippen LogP contribution in [-0.4, -0.2) is 35.2 Å². The maximum absolute atomic E-state index is 12.2. The van der Waals surface area contributed by atoms with Gasteiger partial charge in [0, 0.05) is 37.0 Å². The Bertz CT molecular complexity index is 440. The Morgan fingerprint density at radius 3 is 2.79 bits per heavy atom. The molecule has 0 radical (unpaired) electrons. The van der Waals surface area contributed by atoms with Crippen molar-refractivity contribution in [2.75, 3.05) is 31.0 Å². The summed E-state index contributed by atoms with van der Waals surface area (Å²) in [5.41, 5.74) is -0.350. The lowest BCUT2D eigenvalue weighted by atomic mass is 10.1. The zero-order valence-electron chi connectivity index (χ0n) is 11.8. The Kier molecular flexibility index (Phi) is 6.31. The van der Waals surface area contributed by atoms with Gasteiger partial charge in [-0.25, -0.2) is 4.98 Å². The normalized spacial score (nSPS) is 11.6. The maximum atomic E-state index is 12.2. The van der Waals surface area contributed by atoms with Crippen molar-refractivity contribution in [3.63, 3.8) is 0 Å². The SMILES string of the molecule is CC(C)(C)n1ccnc(NCCCOCCCl)c1=O. The maximum Gasteiger partial charge on any atom is 0.293 e. The van der Waals surface area contributed by atoms with Crippen LogP contribution in [0.5, 0.6) is 0 Å². The molecule has 0 bridgehead atoms. The predicted molar refractivity (Wildman–Crippen MR) is 78.1 cm³/mol. The Balaban J connectivity index is 2.53. The number of nitrogens with zero attached hydrogens (tertiary/aromatic N) is 2. The lowest BCUT2D eigenvalue weighted by Crippen LogP contribution is -2.35. The van der Waals surface area contributed by atoms with Crippen molar-refractivity contribution in [3.8, 4) is 0 Å². The quantitative estimate of drug-likeness (QED) is 0.616. The fraction of sp³-hybridized carbons (Fsp3) is 0.692. The minimum absolute atomic E-state index is 0.100. The number of hydrogen-bond donors (Lipinski definition) is 1. The molecule has 0 aliphatic carbocycles. The van der Waals surface area contributed by atoms with Gasteiger partial charge >= 0.3 is 0 Å².